The van der Waals surface area contributed by atoms with Crippen LogP contribution in [0.5, 0.6) is 0 Å². The van der Waals surface area contributed by atoms with Crippen LogP contribution in [-0.4, -0.2) is 11.7 Å². The van der Waals surface area contributed by atoms with Crippen molar-refractivity contribution in [1.82, 2.24) is 0 Å². The van der Waals surface area contributed by atoms with Crippen LogP contribution >= 0.6 is 0 Å². The summed E-state index contributed by atoms with van der Waals surface area (Å²) in [5, 5.41) is 2.46. The van der Waals surface area contributed by atoms with Crippen molar-refractivity contribution in [2.24, 2.45) is 5.73 Å². The standard InChI is InChI=1S/C12H17FN2O2/c1-12(2,3)17-11(16)15-10-5-8(7-14)4-9(13)6-10/h4-6H,7,14H2,1-3H3,(H,15,16). The molecule has 1 aromatic carbocycles. The van der Waals surface area contributed by atoms with Crippen LogP contribution in [0.3, 0.4) is 0 Å². The monoisotopic (exact) mass is 240 g/mol. The Labute approximate surface area is 100.0 Å². The number of carbonyl (C=O) groups is 1. The first-order chi connectivity index (χ1) is 7.80. The van der Waals surface area contributed by atoms with Gasteiger partial charge >= 0.3 is 6.09 Å². The Kier molecular flexibility index (Phi) is 4.07. The molecular weight excluding hydrogens is 223 g/mol. The van der Waals surface area contributed by atoms with Gasteiger partial charge in [0.2, 0.25) is 0 Å². The fraction of sp³-hybridized carbons (Fsp3) is 0.417. The Morgan fingerprint density at radius 3 is 2.59 bits per heavy atom. The zero-order valence-corrected chi connectivity index (χ0v) is 10.2. The van der Waals surface area contributed by atoms with E-state index < -0.39 is 17.5 Å². The van der Waals surface area contributed by atoms with E-state index in [-0.39, 0.29) is 6.54 Å². The minimum atomic E-state index is -0.619. The zero-order chi connectivity index (χ0) is 13.1. The zero-order valence-electron chi connectivity index (χ0n) is 10.2. The highest BCUT2D eigenvalue weighted by Gasteiger charge is 2.16. The van der Waals surface area contributed by atoms with Crippen LogP contribution in [0, 0.1) is 5.82 Å². The first kappa shape index (κ1) is 13.4. The lowest BCUT2D eigenvalue weighted by atomic mass is 10.2. The predicted octanol–water partition coefficient (Wildman–Crippen LogP) is 2.63. The Morgan fingerprint density at radius 2 is 2.06 bits per heavy atom. The van der Waals surface area contributed by atoms with E-state index in [9.17, 15) is 9.18 Å². The fourth-order valence-electron chi connectivity index (χ4n) is 1.26. The molecule has 1 amide bonds. The van der Waals surface area contributed by atoms with E-state index in [2.05, 4.69) is 5.32 Å². The number of halogens is 1. The number of anilines is 1. The van der Waals surface area contributed by atoms with Gasteiger partial charge in [-0.15, -0.1) is 0 Å². The van der Waals surface area contributed by atoms with Crippen LogP contribution in [0.2, 0.25) is 0 Å². The summed E-state index contributed by atoms with van der Waals surface area (Å²) < 4.78 is 18.2. The normalized spacial score (nSPS) is 11.1. The molecular formula is C12H17FN2O2. The van der Waals surface area contributed by atoms with Crippen LogP contribution in [0.25, 0.3) is 0 Å². The minimum Gasteiger partial charge on any atom is -0.444 e. The lowest BCUT2D eigenvalue weighted by molar-refractivity contribution is 0.0636. The van der Waals surface area contributed by atoms with Gasteiger partial charge in [0.15, 0.2) is 0 Å². The Balaban J connectivity index is 2.74. The summed E-state index contributed by atoms with van der Waals surface area (Å²) in [6, 6.07) is 4.14. The topological polar surface area (TPSA) is 64.3 Å². The molecule has 0 aliphatic heterocycles. The van der Waals surface area contributed by atoms with E-state index in [0.29, 0.717) is 11.3 Å². The van der Waals surface area contributed by atoms with E-state index in [1.807, 2.05) is 0 Å². The summed E-state index contributed by atoms with van der Waals surface area (Å²) in [5.74, 6) is -0.445. The van der Waals surface area contributed by atoms with Crippen molar-refractivity contribution in [2.45, 2.75) is 32.9 Å². The molecule has 0 atom stereocenters. The molecule has 0 unspecified atom stereocenters. The first-order valence-electron chi connectivity index (χ1n) is 5.30. The van der Waals surface area contributed by atoms with E-state index in [1.54, 1.807) is 26.8 Å². The lowest BCUT2D eigenvalue weighted by Crippen LogP contribution is -2.27. The number of carbonyl (C=O) groups excluding carboxylic acids is 1. The molecule has 0 bridgehead atoms. The van der Waals surface area contributed by atoms with Crippen LogP contribution in [0.15, 0.2) is 18.2 Å². The number of rotatable bonds is 2. The number of amides is 1. The molecule has 0 saturated heterocycles. The highest BCUT2D eigenvalue weighted by Crippen LogP contribution is 2.15. The highest BCUT2D eigenvalue weighted by atomic mass is 19.1. The summed E-state index contributed by atoms with van der Waals surface area (Å²) in [6.07, 6.45) is -0.619. The maximum Gasteiger partial charge on any atom is 0.412 e. The Morgan fingerprint density at radius 1 is 1.41 bits per heavy atom. The number of nitrogens with one attached hydrogen (secondary N) is 1. The first-order valence-corrected chi connectivity index (χ1v) is 5.30. The third kappa shape index (κ3) is 4.82. The van der Waals surface area contributed by atoms with Crippen molar-refractivity contribution in [2.75, 3.05) is 5.32 Å². The van der Waals surface area contributed by atoms with E-state index in [1.165, 1.54) is 12.1 Å². The molecule has 0 aliphatic rings. The molecule has 17 heavy (non-hydrogen) atoms. The van der Waals surface area contributed by atoms with Crippen molar-refractivity contribution in [3.63, 3.8) is 0 Å². The van der Waals surface area contributed by atoms with Gasteiger partial charge in [0.1, 0.15) is 11.4 Å². The van der Waals surface area contributed by atoms with Crippen LogP contribution < -0.4 is 11.1 Å². The largest absolute Gasteiger partial charge is 0.444 e. The summed E-state index contributed by atoms with van der Waals surface area (Å²) >= 11 is 0. The van der Waals surface area contributed by atoms with E-state index >= 15 is 0 Å². The maximum absolute atomic E-state index is 13.2. The fourth-order valence-corrected chi connectivity index (χ4v) is 1.26. The number of hydrogen-bond donors (Lipinski definition) is 2. The van der Waals surface area contributed by atoms with E-state index in [4.69, 9.17) is 10.5 Å². The minimum absolute atomic E-state index is 0.209. The molecule has 4 nitrogen and oxygen atoms in total. The summed E-state index contributed by atoms with van der Waals surface area (Å²) in [7, 11) is 0. The maximum atomic E-state index is 13.2. The predicted molar refractivity (Wildman–Crippen MR) is 64.1 cm³/mol. The molecule has 1 rings (SSSR count). The molecule has 0 fully saturated rings. The summed E-state index contributed by atoms with van der Waals surface area (Å²) in [4.78, 5) is 11.5. The van der Waals surface area contributed by atoms with E-state index in [0.717, 1.165) is 0 Å². The van der Waals surface area contributed by atoms with Gasteiger partial charge in [-0.1, -0.05) is 0 Å². The third-order valence-electron chi connectivity index (χ3n) is 1.84. The van der Waals surface area contributed by atoms with Gasteiger partial charge in [0.25, 0.3) is 0 Å². The van der Waals surface area contributed by atoms with Crippen molar-refractivity contribution in [1.29, 1.82) is 0 Å². The molecule has 0 spiro atoms. The van der Waals surface area contributed by atoms with Gasteiger partial charge in [-0.3, -0.25) is 5.32 Å². The van der Waals surface area contributed by atoms with Crippen LogP contribution in [0.4, 0.5) is 14.9 Å². The molecule has 0 heterocycles. The molecule has 0 radical (unpaired) electrons. The highest BCUT2D eigenvalue weighted by molar-refractivity contribution is 5.84. The molecule has 3 N–H and O–H groups in total. The number of ether oxygens (including phenoxy) is 1. The molecule has 0 saturated carbocycles. The van der Waals surface area contributed by atoms with Gasteiger partial charge in [0.05, 0.1) is 0 Å². The van der Waals surface area contributed by atoms with Gasteiger partial charge in [-0.2, -0.15) is 0 Å². The number of hydrogen-bond acceptors (Lipinski definition) is 3. The SMILES string of the molecule is CC(C)(C)OC(=O)Nc1cc(F)cc(CN)c1. The summed E-state index contributed by atoms with van der Waals surface area (Å²) in [6.45, 7) is 5.47. The van der Waals surface area contributed by atoms with Gasteiger partial charge in [0, 0.05) is 12.2 Å². The summed E-state index contributed by atoms with van der Waals surface area (Å²) in [5.41, 5.74) is 5.76. The molecule has 0 aromatic heterocycles. The van der Waals surface area contributed by atoms with Crippen molar-refractivity contribution >= 4 is 11.8 Å². The molecule has 0 aliphatic carbocycles. The Hall–Kier alpha value is -1.62. The lowest BCUT2D eigenvalue weighted by Gasteiger charge is -2.19. The molecule has 5 heteroatoms. The smallest absolute Gasteiger partial charge is 0.412 e. The van der Waals surface area contributed by atoms with Gasteiger partial charge in [-0.25, -0.2) is 9.18 Å². The second kappa shape index (κ2) is 5.14. The van der Waals surface area contributed by atoms with Gasteiger partial charge in [-0.05, 0) is 44.5 Å². The quantitative estimate of drug-likeness (QED) is 0.835. The van der Waals surface area contributed by atoms with Crippen LogP contribution in [-0.2, 0) is 11.3 Å². The number of nitrogens with two attached hydrogens (primary N) is 1. The van der Waals surface area contributed by atoms with Crippen molar-refractivity contribution < 1.29 is 13.9 Å². The molecule has 94 valence electrons. The number of benzene rings is 1. The van der Waals surface area contributed by atoms with Gasteiger partial charge < -0.3 is 10.5 Å². The average molecular weight is 240 g/mol. The second-order valence-electron chi connectivity index (χ2n) is 4.68. The Bertz CT molecular complexity index is 413. The second-order valence-corrected chi connectivity index (χ2v) is 4.68. The van der Waals surface area contributed by atoms with Crippen molar-refractivity contribution in [3.8, 4) is 0 Å². The third-order valence-corrected chi connectivity index (χ3v) is 1.84. The van der Waals surface area contributed by atoms with Crippen molar-refractivity contribution in [3.05, 3.63) is 29.6 Å². The molecule has 1 aromatic rings. The van der Waals surface area contributed by atoms with Crippen LogP contribution in [0.1, 0.15) is 26.3 Å². The average Bonchev–Trinajstić information content (AvgIpc) is 2.13.